The second kappa shape index (κ2) is 6.49. The highest BCUT2D eigenvalue weighted by molar-refractivity contribution is 6.04. The zero-order chi connectivity index (χ0) is 17.1. The van der Waals surface area contributed by atoms with Crippen LogP contribution in [-0.2, 0) is 0 Å². The smallest absolute Gasteiger partial charge is 0.276 e. The number of carbonyl (C=O) groups is 2. The van der Waals surface area contributed by atoms with Crippen molar-refractivity contribution < 1.29 is 9.59 Å². The number of benzene rings is 1. The van der Waals surface area contributed by atoms with Crippen molar-refractivity contribution in [2.24, 2.45) is 0 Å². The molecule has 0 aliphatic rings. The number of rotatable bonds is 4. The van der Waals surface area contributed by atoms with E-state index in [1.165, 1.54) is 0 Å². The summed E-state index contributed by atoms with van der Waals surface area (Å²) in [6.07, 6.45) is 3.37. The van der Waals surface area contributed by atoms with Crippen LogP contribution in [0.5, 0.6) is 0 Å². The third kappa shape index (κ3) is 3.10. The van der Waals surface area contributed by atoms with E-state index in [1.807, 2.05) is 13.8 Å². The minimum atomic E-state index is -0.325. The molecule has 0 saturated heterocycles. The standard InChI is InChI=1S/C17H17N5O2/c1-3-18-16(23)12-5-6-13(11(2)9-12)20-17(24)14-10-15-19-7-4-8-22(15)21-14/h4-10H,3H2,1-2H3,(H,18,23)(H,20,24). The lowest BCUT2D eigenvalue weighted by atomic mass is 10.1. The second-order valence-electron chi connectivity index (χ2n) is 5.30. The van der Waals surface area contributed by atoms with Gasteiger partial charge in [0.2, 0.25) is 0 Å². The first-order valence-corrected chi connectivity index (χ1v) is 7.59. The first-order valence-electron chi connectivity index (χ1n) is 7.59. The first kappa shape index (κ1) is 15.7. The molecule has 2 N–H and O–H groups in total. The molecule has 0 aliphatic heterocycles. The van der Waals surface area contributed by atoms with Crippen molar-refractivity contribution in [3.05, 3.63) is 59.5 Å². The van der Waals surface area contributed by atoms with Crippen molar-refractivity contribution in [3.63, 3.8) is 0 Å². The van der Waals surface area contributed by atoms with Gasteiger partial charge in [0.05, 0.1) is 0 Å². The fourth-order valence-corrected chi connectivity index (χ4v) is 2.34. The van der Waals surface area contributed by atoms with Gasteiger partial charge in [0.15, 0.2) is 11.3 Å². The monoisotopic (exact) mass is 323 g/mol. The Morgan fingerprint density at radius 1 is 1.21 bits per heavy atom. The largest absolute Gasteiger partial charge is 0.352 e. The third-order valence-electron chi connectivity index (χ3n) is 3.54. The Hall–Kier alpha value is -3.22. The van der Waals surface area contributed by atoms with Gasteiger partial charge in [-0.3, -0.25) is 9.59 Å². The normalized spacial score (nSPS) is 10.6. The van der Waals surface area contributed by atoms with Gasteiger partial charge in [0.1, 0.15) is 0 Å². The highest BCUT2D eigenvalue weighted by atomic mass is 16.2. The van der Waals surface area contributed by atoms with Crippen LogP contribution in [0.3, 0.4) is 0 Å². The van der Waals surface area contributed by atoms with Gasteiger partial charge in [-0.2, -0.15) is 5.10 Å². The number of amides is 2. The maximum Gasteiger partial charge on any atom is 0.276 e. The van der Waals surface area contributed by atoms with Crippen molar-refractivity contribution in [2.75, 3.05) is 11.9 Å². The number of hydrogen-bond acceptors (Lipinski definition) is 4. The molecule has 7 nitrogen and oxygen atoms in total. The number of anilines is 1. The molecule has 2 amide bonds. The van der Waals surface area contributed by atoms with Crippen LogP contribution in [0.15, 0.2) is 42.7 Å². The van der Waals surface area contributed by atoms with Gasteiger partial charge in [-0.15, -0.1) is 0 Å². The molecule has 3 rings (SSSR count). The first-order chi connectivity index (χ1) is 11.6. The van der Waals surface area contributed by atoms with E-state index in [1.54, 1.807) is 47.2 Å². The summed E-state index contributed by atoms with van der Waals surface area (Å²) in [6, 6.07) is 8.50. The minimum absolute atomic E-state index is 0.134. The lowest BCUT2D eigenvalue weighted by molar-refractivity contribution is 0.0955. The summed E-state index contributed by atoms with van der Waals surface area (Å²) in [5.41, 5.74) is 2.88. The van der Waals surface area contributed by atoms with Gasteiger partial charge in [-0.05, 0) is 43.7 Å². The van der Waals surface area contributed by atoms with Crippen LogP contribution in [0.2, 0.25) is 0 Å². The Morgan fingerprint density at radius 2 is 2.04 bits per heavy atom. The molecule has 0 atom stereocenters. The fraction of sp³-hybridized carbons (Fsp3) is 0.176. The molecule has 7 heteroatoms. The average molecular weight is 323 g/mol. The molecule has 0 spiro atoms. The van der Waals surface area contributed by atoms with E-state index in [0.29, 0.717) is 23.4 Å². The molecule has 2 aromatic heterocycles. The van der Waals surface area contributed by atoms with Gasteiger partial charge in [0, 0.05) is 36.3 Å². The molecule has 0 radical (unpaired) electrons. The summed E-state index contributed by atoms with van der Waals surface area (Å²) in [7, 11) is 0. The quantitative estimate of drug-likeness (QED) is 0.769. The molecule has 24 heavy (non-hydrogen) atoms. The van der Waals surface area contributed by atoms with E-state index in [9.17, 15) is 9.59 Å². The maximum atomic E-state index is 12.4. The van der Waals surface area contributed by atoms with Crippen LogP contribution < -0.4 is 10.6 Å². The molecule has 0 bridgehead atoms. The molecular formula is C17H17N5O2. The number of fused-ring (bicyclic) bond motifs is 1. The number of aromatic nitrogens is 3. The second-order valence-corrected chi connectivity index (χ2v) is 5.30. The highest BCUT2D eigenvalue weighted by Crippen LogP contribution is 2.17. The van der Waals surface area contributed by atoms with Crippen LogP contribution in [0, 0.1) is 6.92 Å². The molecule has 0 saturated carbocycles. The van der Waals surface area contributed by atoms with E-state index in [2.05, 4.69) is 20.7 Å². The van der Waals surface area contributed by atoms with Crippen molar-refractivity contribution in [1.29, 1.82) is 0 Å². The van der Waals surface area contributed by atoms with Crippen LogP contribution in [0.25, 0.3) is 5.65 Å². The summed E-state index contributed by atoms with van der Waals surface area (Å²) in [6.45, 7) is 4.27. The van der Waals surface area contributed by atoms with Crippen LogP contribution in [0.1, 0.15) is 33.3 Å². The van der Waals surface area contributed by atoms with Gasteiger partial charge in [0.25, 0.3) is 11.8 Å². The molecule has 3 aromatic rings. The van der Waals surface area contributed by atoms with Crippen molar-refractivity contribution in [1.82, 2.24) is 19.9 Å². The Labute approximate surface area is 138 Å². The molecule has 122 valence electrons. The lowest BCUT2D eigenvalue weighted by Crippen LogP contribution is -2.22. The summed E-state index contributed by atoms with van der Waals surface area (Å²) < 4.78 is 1.54. The van der Waals surface area contributed by atoms with Gasteiger partial charge in [-0.25, -0.2) is 9.50 Å². The minimum Gasteiger partial charge on any atom is -0.352 e. The topological polar surface area (TPSA) is 88.4 Å². The summed E-state index contributed by atoms with van der Waals surface area (Å²) >= 11 is 0. The molecule has 1 aromatic carbocycles. The Morgan fingerprint density at radius 3 is 2.75 bits per heavy atom. The van der Waals surface area contributed by atoms with E-state index >= 15 is 0 Å². The predicted molar refractivity (Wildman–Crippen MR) is 90.1 cm³/mol. The number of nitrogens with zero attached hydrogens (tertiary/aromatic N) is 3. The van der Waals surface area contributed by atoms with Gasteiger partial charge in [-0.1, -0.05) is 0 Å². The molecule has 0 unspecified atom stereocenters. The van der Waals surface area contributed by atoms with E-state index in [4.69, 9.17) is 0 Å². The van der Waals surface area contributed by atoms with E-state index < -0.39 is 0 Å². The summed E-state index contributed by atoms with van der Waals surface area (Å²) in [5, 5.41) is 9.74. The zero-order valence-electron chi connectivity index (χ0n) is 13.4. The third-order valence-corrected chi connectivity index (χ3v) is 3.54. The molecular weight excluding hydrogens is 306 g/mol. The lowest BCUT2D eigenvalue weighted by Gasteiger charge is -2.09. The van der Waals surface area contributed by atoms with Crippen LogP contribution >= 0.6 is 0 Å². The summed E-state index contributed by atoms with van der Waals surface area (Å²) in [4.78, 5) is 28.3. The number of carbonyl (C=O) groups excluding carboxylic acids is 2. The van der Waals surface area contributed by atoms with Crippen molar-refractivity contribution in [3.8, 4) is 0 Å². The summed E-state index contributed by atoms with van der Waals surface area (Å²) in [5.74, 6) is -0.459. The molecule has 0 fully saturated rings. The van der Waals surface area contributed by atoms with Crippen molar-refractivity contribution >= 4 is 23.1 Å². The fourth-order valence-electron chi connectivity index (χ4n) is 2.34. The van der Waals surface area contributed by atoms with E-state index in [-0.39, 0.29) is 17.5 Å². The highest BCUT2D eigenvalue weighted by Gasteiger charge is 2.13. The van der Waals surface area contributed by atoms with Crippen molar-refractivity contribution in [2.45, 2.75) is 13.8 Å². The molecule has 2 heterocycles. The Balaban J connectivity index is 1.80. The predicted octanol–water partition coefficient (Wildman–Crippen LogP) is 2.04. The van der Waals surface area contributed by atoms with Crippen LogP contribution in [-0.4, -0.2) is 33.0 Å². The van der Waals surface area contributed by atoms with Gasteiger partial charge < -0.3 is 10.6 Å². The van der Waals surface area contributed by atoms with E-state index in [0.717, 1.165) is 5.56 Å². The molecule has 0 aliphatic carbocycles. The number of hydrogen-bond donors (Lipinski definition) is 2. The zero-order valence-corrected chi connectivity index (χ0v) is 13.4. The SMILES string of the molecule is CCNC(=O)c1ccc(NC(=O)c2cc3ncccn3n2)c(C)c1. The number of aryl methyl sites for hydroxylation is 1. The van der Waals surface area contributed by atoms with Gasteiger partial charge >= 0.3 is 0 Å². The Bertz CT molecular complexity index is 883. The maximum absolute atomic E-state index is 12.4. The number of nitrogens with one attached hydrogen (secondary N) is 2. The average Bonchev–Trinajstić information content (AvgIpc) is 3.01. The van der Waals surface area contributed by atoms with Crippen LogP contribution in [0.4, 0.5) is 5.69 Å². The Kier molecular flexibility index (Phi) is 4.24.